The van der Waals surface area contributed by atoms with Gasteiger partial charge in [-0.05, 0) is 73.8 Å². The summed E-state index contributed by atoms with van der Waals surface area (Å²) in [6.07, 6.45) is 0. The van der Waals surface area contributed by atoms with Crippen LogP contribution in [0.5, 0.6) is 0 Å². The first-order valence-electron chi connectivity index (χ1n) is 11.0. The van der Waals surface area contributed by atoms with Gasteiger partial charge in [0.2, 0.25) is 0 Å². The maximum absolute atomic E-state index is 13.5. The van der Waals surface area contributed by atoms with Crippen molar-refractivity contribution in [1.29, 1.82) is 0 Å². The van der Waals surface area contributed by atoms with E-state index < -0.39 is 0 Å². The van der Waals surface area contributed by atoms with Gasteiger partial charge in [0.25, 0.3) is 11.8 Å². The molecular formula is C26H28N4O2S. The number of imide groups is 1. The van der Waals surface area contributed by atoms with Crippen molar-refractivity contribution in [3.05, 3.63) is 76.6 Å². The summed E-state index contributed by atoms with van der Waals surface area (Å²) in [5.74, 6) is -0.670. The third kappa shape index (κ3) is 4.36. The Kier molecular flexibility index (Phi) is 6.51. The van der Waals surface area contributed by atoms with E-state index in [-0.39, 0.29) is 11.8 Å². The second kappa shape index (κ2) is 9.50. The van der Waals surface area contributed by atoms with E-state index in [0.717, 1.165) is 35.0 Å². The Morgan fingerprint density at radius 3 is 2.03 bits per heavy atom. The van der Waals surface area contributed by atoms with Crippen LogP contribution in [0.25, 0.3) is 5.57 Å². The number of amides is 2. The van der Waals surface area contributed by atoms with Crippen molar-refractivity contribution in [3.8, 4) is 0 Å². The number of rotatable bonds is 8. The second-order valence-electron chi connectivity index (χ2n) is 7.93. The zero-order valence-corrected chi connectivity index (χ0v) is 20.1. The third-order valence-electron chi connectivity index (χ3n) is 5.74. The fourth-order valence-electron chi connectivity index (χ4n) is 3.92. The zero-order chi connectivity index (χ0) is 23.5. The minimum Gasteiger partial charge on any atom is -0.378 e. The average Bonchev–Trinajstić information content (AvgIpc) is 3.42. The van der Waals surface area contributed by atoms with Crippen molar-refractivity contribution < 1.29 is 9.59 Å². The van der Waals surface area contributed by atoms with E-state index in [1.807, 2.05) is 72.9 Å². The number of hydrogen-bond donors (Lipinski definition) is 1. The molecule has 0 spiro atoms. The average molecular weight is 461 g/mol. The fourth-order valence-corrected chi connectivity index (χ4v) is 4.69. The van der Waals surface area contributed by atoms with Gasteiger partial charge in [0.1, 0.15) is 5.70 Å². The lowest BCUT2D eigenvalue weighted by Gasteiger charge is -2.21. The predicted octanol–water partition coefficient (Wildman–Crippen LogP) is 5.06. The molecule has 0 saturated carbocycles. The lowest BCUT2D eigenvalue weighted by molar-refractivity contribution is -0.120. The largest absolute Gasteiger partial charge is 0.378 e. The number of nitrogens with one attached hydrogen (secondary N) is 1. The number of carbonyl (C=O) groups excluding carboxylic acids is 2. The summed E-state index contributed by atoms with van der Waals surface area (Å²) in [6.45, 7) is 6.09. The highest BCUT2D eigenvalue weighted by atomic mass is 32.1. The quantitative estimate of drug-likeness (QED) is 0.477. The van der Waals surface area contributed by atoms with Crippen LogP contribution >= 0.6 is 11.3 Å². The van der Waals surface area contributed by atoms with E-state index in [9.17, 15) is 9.59 Å². The molecule has 170 valence electrons. The van der Waals surface area contributed by atoms with E-state index in [1.165, 1.54) is 16.2 Å². The highest BCUT2D eigenvalue weighted by molar-refractivity contribution is 7.11. The van der Waals surface area contributed by atoms with Gasteiger partial charge in [-0.1, -0.05) is 6.07 Å². The normalized spacial score (nSPS) is 13.6. The second-order valence-corrected chi connectivity index (χ2v) is 8.88. The Morgan fingerprint density at radius 2 is 1.48 bits per heavy atom. The third-order valence-corrected chi connectivity index (χ3v) is 6.63. The number of nitrogens with zero attached hydrogens (tertiary/aromatic N) is 3. The van der Waals surface area contributed by atoms with Crippen LogP contribution in [0, 0.1) is 0 Å². The Balaban J connectivity index is 1.68. The molecule has 7 heteroatoms. The van der Waals surface area contributed by atoms with Crippen LogP contribution in [0.3, 0.4) is 0 Å². The zero-order valence-electron chi connectivity index (χ0n) is 19.3. The molecule has 0 aliphatic carbocycles. The van der Waals surface area contributed by atoms with Gasteiger partial charge in [0.15, 0.2) is 0 Å². The van der Waals surface area contributed by atoms with Crippen molar-refractivity contribution in [3.63, 3.8) is 0 Å². The van der Waals surface area contributed by atoms with E-state index in [0.29, 0.717) is 17.0 Å². The summed E-state index contributed by atoms with van der Waals surface area (Å²) >= 11 is 1.45. The predicted molar refractivity (Wildman–Crippen MR) is 138 cm³/mol. The van der Waals surface area contributed by atoms with Crippen molar-refractivity contribution in [2.24, 2.45) is 0 Å². The topological polar surface area (TPSA) is 55.9 Å². The van der Waals surface area contributed by atoms with E-state index in [1.54, 1.807) is 12.1 Å². The molecule has 0 saturated heterocycles. The molecule has 0 bridgehead atoms. The number of anilines is 4. The standard InChI is InChI=1S/C26H28N4O2S/c1-5-29(6-2)20-11-9-18(10-12-20)27-24-23(22-8-7-17-33-22)25(31)30(26(24)32)21-15-13-19(14-16-21)28(3)4/h7-17,27H,5-6H2,1-4H3. The van der Waals surface area contributed by atoms with Crippen LogP contribution in [0.1, 0.15) is 18.7 Å². The Hall–Kier alpha value is -3.58. The first-order valence-corrected chi connectivity index (χ1v) is 11.9. The summed E-state index contributed by atoms with van der Waals surface area (Å²) in [6, 6.07) is 19.1. The van der Waals surface area contributed by atoms with Crippen molar-refractivity contribution in [2.75, 3.05) is 47.2 Å². The molecule has 0 unspecified atom stereocenters. The lowest BCUT2D eigenvalue weighted by atomic mass is 10.1. The highest BCUT2D eigenvalue weighted by Gasteiger charge is 2.40. The molecule has 2 amide bonds. The molecule has 1 N–H and O–H groups in total. The molecule has 1 aliphatic heterocycles. The lowest BCUT2D eigenvalue weighted by Crippen LogP contribution is -2.32. The van der Waals surface area contributed by atoms with Crippen molar-refractivity contribution >= 4 is 51.5 Å². The summed E-state index contributed by atoms with van der Waals surface area (Å²) in [7, 11) is 3.90. The minimum atomic E-state index is -0.353. The molecule has 3 aromatic rings. The van der Waals surface area contributed by atoms with Crippen LogP contribution < -0.4 is 20.0 Å². The van der Waals surface area contributed by atoms with E-state index >= 15 is 0 Å². The van der Waals surface area contributed by atoms with Crippen molar-refractivity contribution in [1.82, 2.24) is 0 Å². The SMILES string of the molecule is CCN(CC)c1ccc(NC2=C(c3cccs3)C(=O)N(c3ccc(N(C)C)cc3)C2=O)cc1. The van der Waals surface area contributed by atoms with Gasteiger partial charge in [-0.3, -0.25) is 9.59 Å². The fraction of sp³-hybridized carbons (Fsp3) is 0.231. The van der Waals surface area contributed by atoms with E-state index in [2.05, 4.69) is 24.1 Å². The Bertz CT molecular complexity index is 1160. The van der Waals surface area contributed by atoms with Gasteiger partial charge in [0, 0.05) is 49.1 Å². The van der Waals surface area contributed by atoms with E-state index in [4.69, 9.17) is 0 Å². The van der Waals surface area contributed by atoms with Gasteiger partial charge >= 0.3 is 0 Å². The van der Waals surface area contributed by atoms with Gasteiger partial charge in [-0.25, -0.2) is 4.90 Å². The van der Waals surface area contributed by atoms with Gasteiger partial charge < -0.3 is 15.1 Å². The van der Waals surface area contributed by atoms with Gasteiger partial charge in [-0.15, -0.1) is 11.3 Å². The van der Waals surface area contributed by atoms with Crippen molar-refractivity contribution in [2.45, 2.75) is 13.8 Å². The summed E-state index contributed by atoms with van der Waals surface area (Å²) in [5, 5.41) is 5.15. The summed E-state index contributed by atoms with van der Waals surface area (Å²) in [4.78, 5) is 33.2. The first-order chi connectivity index (χ1) is 15.9. The molecule has 0 radical (unpaired) electrons. The molecule has 2 heterocycles. The van der Waals surface area contributed by atoms with Crippen LogP contribution in [-0.2, 0) is 9.59 Å². The molecule has 33 heavy (non-hydrogen) atoms. The summed E-state index contributed by atoms with van der Waals surface area (Å²) < 4.78 is 0. The highest BCUT2D eigenvalue weighted by Crippen LogP contribution is 2.36. The first kappa shape index (κ1) is 22.6. The summed E-state index contributed by atoms with van der Waals surface area (Å²) in [5.41, 5.74) is 4.14. The van der Waals surface area contributed by atoms with Crippen LogP contribution in [0.15, 0.2) is 71.7 Å². The molecule has 0 fully saturated rings. The smallest absolute Gasteiger partial charge is 0.282 e. The monoisotopic (exact) mass is 460 g/mol. The Morgan fingerprint density at radius 1 is 0.848 bits per heavy atom. The molecule has 0 atom stereocenters. The molecule has 4 rings (SSSR count). The van der Waals surface area contributed by atoms with Gasteiger partial charge in [0.05, 0.1) is 11.3 Å². The minimum absolute atomic E-state index is 0.301. The maximum atomic E-state index is 13.5. The molecule has 1 aliphatic rings. The molecule has 1 aromatic heterocycles. The maximum Gasteiger partial charge on any atom is 0.282 e. The molecular weight excluding hydrogens is 432 g/mol. The molecule has 2 aromatic carbocycles. The van der Waals surface area contributed by atoms with Gasteiger partial charge in [-0.2, -0.15) is 0 Å². The number of benzene rings is 2. The number of hydrogen-bond acceptors (Lipinski definition) is 6. The number of thiophene rings is 1. The van der Waals surface area contributed by atoms with Crippen LogP contribution in [-0.4, -0.2) is 39.0 Å². The van der Waals surface area contributed by atoms with Crippen LogP contribution in [0.4, 0.5) is 22.7 Å². The Labute approximate surface area is 198 Å². The number of carbonyl (C=O) groups is 2. The van der Waals surface area contributed by atoms with Crippen LogP contribution in [0.2, 0.25) is 0 Å². The molecule has 6 nitrogen and oxygen atoms in total.